The average molecular weight is 1150 g/mol. The number of nitrogens with zero attached hydrogens (tertiary/aromatic N) is 3. The molecule has 22 nitrogen and oxygen atoms in total. The van der Waals surface area contributed by atoms with Crippen LogP contribution >= 0.6 is 0 Å². The number of aromatic hydroxyl groups is 1. The second-order valence-corrected chi connectivity index (χ2v) is 24.0. The van der Waals surface area contributed by atoms with Crippen LogP contribution in [-0.2, 0) is 57.5 Å². The van der Waals surface area contributed by atoms with Gasteiger partial charge >= 0.3 is 0 Å². The fourth-order valence-electron chi connectivity index (χ4n) is 12.7. The van der Waals surface area contributed by atoms with Crippen molar-refractivity contribution in [3.63, 3.8) is 0 Å². The summed E-state index contributed by atoms with van der Waals surface area (Å²) < 4.78 is 25.0. The predicted molar refractivity (Wildman–Crippen MR) is 300 cm³/mol. The van der Waals surface area contributed by atoms with Crippen molar-refractivity contribution >= 4 is 41.3 Å². The Labute approximate surface area is 484 Å². The van der Waals surface area contributed by atoms with Crippen LogP contribution in [0.3, 0.4) is 0 Å². The number of hydroxylamine groups is 4. The summed E-state index contributed by atoms with van der Waals surface area (Å²) in [6.07, 6.45) is 19.7. The summed E-state index contributed by atoms with van der Waals surface area (Å²) in [5.74, 6) is -4.21. The van der Waals surface area contributed by atoms with E-state index in [0.717, 1.165) is 38.5 Å². The quantitative estimate of drug-likeness (QED) is 0.0156. The largest absolute Gasteiger partial charge is 0.507 e. The van der Waals surface area contributed by atoms with E-state index in [0.29, 0.717) is 47.3 Å². The first-order valence-electron chi connectivity index (χ1n) is 31.0. The van der Waals surface area contributed by atoms with Crippen LogP contribution in [0.2, 0.25) is 0 Å². The zero-order valence-corrected chi connectivity index (χ0v) is 49.1. The van der Waals surface area contributed by atoms with E-state index in [-0.39, 0.29) is 107 Å². The summed E-state index contributed by atoms with van der Waals surface area (Å²) in [6.45, 7) is 8.02. The Kier molecular flexibility index (Phi) is 25.0. The zero-order chi connectivity index (χ0) is 58.7. The molecule has 6 amide bonds. The molecule has 2 bridgehead atoms. The molecule has 5 saturated heterocycles. The molecule has 0 aromatic heterocycles. The molecule has 1 saturated carbocycles. The van der Waals surface area contributed by atoms with Gasteiger partial charge in [-0.1, -0.05) is 110 Å². The molecule has 1 aromatic carbocycles. The molecule has 7 N–H and O–H groups in total. The number of amides is 6. The summed E-state index contributed by atoms with van der Waals surface area (Å²) >= 11 is 0. The summed E-state index contributed by atoms with van der Waals surface area (Å²) in [7, 11) is 0. The van der Waals surface area contributed by atoms with Crippen LogP contribution in [0.15, 0.2) is 29.3 Å². The minimum Gasteiger partial charge on any atom is -0.507 e. The van der Waals surface area contributed by atoms with Crippen molar-refractivity contribution in [2.24, 2.45) is 28.7 Å². The lowest BCUT2D eigenvalue weighted by Crippen LogP contribution is -2.70. The van der Waals surface area contributed by atoms with Gasteiger partial charge in [0, 0.05) is 50.7 Å². The van der Waals surface area contributed by atoms with Gasteiger partial charge in [-0.3, -0.25) is 39.2 Å². The SMILES string of the molecule is CCCCCCCCCCCCCCCC(=O)N(O)CCCC[C@H](NC(=O)[C@@H]1COC(c2ccccc2O)=N1)C(=O)NC[C@H](NC(=O)CCCO[C@H]1O[C@@H]2O[C@@]3(C)CC[C@H]4[C@H](C)CC[C@@H]([C@H]1C)[C@@]24OO3)C(=O)N[C@H]1CCCCN(O)C1=O. The van der Waals surface area contributed by atoms with Crippen molar-refractivity contribution in [3.8, 4) is 5.75 Å². The Morgan fingerprint density at radius 1 is 0.829 bits per heavy atom. The Hall–Kier alpha value is -4.97. The number of carbonyl (C=O) groups is 6. The van der Waals surface area contributed by atoms with Crippen molar-refractivity contribution < 1.29 is 73.0 Å². The van der Waals surface area contributed by atoms with Gasteiger partial charge < -0.3 is 45.3 Å². The number of rotatable bonds is 33. The maximum atomic E-state index is 14.2. The summed E-state index contributed by atoms with van der Waals surface area (Å²) in [4.78, 5) is 98.3. The molecule has 7 aliphatic rings. The molecule has 82 heavy (non-hydrogen) atoms. The number of aliphatic imine (C=N–C) groups is 1. The van der Waals surface area contributed by atoms with Crippen LogP contribution in [0.5, 0.6) is 5.75 Å². The van der Waals surface area contributed by atoms with Crippen LogP contribution in [-0.4, -0.2) is 148 Å². The fourth-order valence-corrected chi connectivity index (χ4v) is 12.7. The van der Waals surface area contributed by atoms with Crippen molar-refractivity contribution in [3.05, 3.63) is 29.8 Å². The lowest BCUT2D eigenvalue weighted by atomic mass is 9.58. The molecule has 1 spiro atoms. The number of hydrogen-bond donors (Lipinski definition) is 7. The maximum Gasteiger partial charge on any atom is 0.268 e. The van der Waals surface area contributed by atoms with E-state index in [2.05, 4.69) is 47.0 Å². The minimum atomic E-state index is -1.40. The maximum absolute atomic E-state index is 14.2. The highest BCUT2D eigenvalue weighted by Crippen LogP contribution is 2.60. The number of para-hydroxylation sites is 1. The topological polar surface area (TPSA) is 285 Å². The van der Waals surface area contributed by atoms with Gasteiger partial charge in [-0.25, -0.2) is 24.9 Å². The number of phenols is 1. The number of benzene rings is 1. The van der Waals surface area contributed by atoms with Crippen molar-refractivity contribution in [1.82, 2.24) is 31.4 Å². The summed E-state index contributed by atoms with van der Waals surface area (Å²) in [5.41, 5.74) is -0.466. The van der Waals surface area contributed by atoms with Gasteiger partial charge in [0.15, 0.2) is 24.2 Å². The molecule has 1 aliphatic carbocycles. The van der Waals surface area contributed by atoms with Crippen LogP contribution in [0.4, 0.5) is 0 Å². The Morgan fingerprint density at radius 2 is 1.55 bits per heavy atom. The number of carbonyl (C=O) groups excluding carboxylic acids is 6. The molecule has 0 radical (unpaired) electrons. The van der Waals surface area contributed by atoms with Crippen molar-refractivity contribution in [1.29, 1.82) is 0 Å². The van der Waals surface area contributed by atoms with Crippen LogP contribution in [0.1, 0.15) is 200 Å². The van der Waals surface area contributed by atoms with Crippen molar-refractivity contribution in [2.45, 2.75) is 243 Å². The number of fused-ring (bicyclic) bond motifs is 2. The third kappa shape index (κ3) is 17.6. The van der Waals surface area contributed by atoms with Gasteiger partial charge in [-0.05, 0) is 102 Å². The lowest BCUT2D eigenvalue weighted by Gasteiger charge is -2.60. The molecule has 460 valence electrons. The van der Waals surface area contributed by atoms with E-state index in [9.17, 15) is 44.3 Å². The van der Waals surface area contributed by atoms with Crippen LogP contribution in [0, 0.1) is 23.7 Å². The highest BCUT2D eigenvalue weighted by atomic mass is 17.3. The molecule has 1 aromatic rings. The summed E-state index contributed by atoms with van der Waals surface area (Å²) in [6, 6.07) is 1.59. The third-order valence-electron chi connectivity index (χ3n) is 17.7. The molecule has 6 aliphatic heterocycles. The standard InChI is InChI=1S/C60H95N7O15/c1-5-6-7-8-9-10-11-12-13-14-15-16-17-30-51(70)66(75)35-22-20-26-45(63-54(73)48-39-78-55(65-48)42-25-18-19-28-49(42)68)52(71)61-38-47(53(72)64-46-27-21-23-36-67(76)56(46)74)62-50(69)29-24-37-77-57-41(3)44-32-31-40(2)43-33-34-59(4)80-58(79-57)60(43,44)82-81-59/h18-19,25,28,40-41,43-48,57-58,68,75-76H,5-17,20-24,26-27,29-39H2,1-4H3,(H,61,71)(H,62,69)(H,63,73)(H,64,72)/t40-,41-,43+,44+,45+,46+,47+,48+,57+,58-,59-,60-/m1/s1. The van der Waals surface area contributed by atoms with Crippen LogP contribution in [0.25, 0.3) is 0 Å². The Bertz CT molecular complexity index is 2290. The van der Waals surface area contributed by atoms with E-state index < -0.39 is 84.2 Å². The molecular formula is C60H95N7O15. The van der Waals surface area contributed by atoms with Gasteiger partial charge in [0.05, 0.1) is 12.2 Å². The number of nitrogens with one attached hydrogen (secondary N) is 4. The average Bonchev–Trinajstić information content (AvgIpc) is 3.70. The van der Waals surface area contributed by atoms with Gasteiger partial charge in [0.25, 0.3) is 5.91 Å². The fraction of sp³-hybridized carbons (Fsp3) is 0.783. The van der Waals surface area contributed by atoms with Gasteiger partial charge in [0.1, 0.15) is 30.5 Å². The van der Waals surface area contributed by atoms with E-state index in [1.165, 1.54) is 63.9 Å². The first-order chi connectivity index (χ1) is 39.5. The molecule has 8 rings (SSSR count). The van der Waals surface area contributed by atoms with Gasteiger partial charge in [-0.15, -0.1) is 0 Å². The van der Waals surface area contributed by atoms with Crippen molar-refractivity contribution in [2.75, 3.05) is 32.8 Å². The molecule has 22 heteroatoms. The smallest absolute Gasteiger partial charge is 0.268 e. The highest BCUT2D eigenvalue weighted by molar-refractivity contribution is 6.01. The van der Waals surface area contributed by atoms with Gasteiger partial charge in [0.2, 0.25) is 41.2 Å². The number of hydrogen-bond acceptors (Lipinski definition) is 16. The molecule has 0 unspecified atom stereocenters. The van der Waals surface area contributed by atoms with Crippen LogP contribution < -0.4 is 21.3 Å². The third-order valence-corrected chi connectivity index (χ3v) is 17.7. The Morgan fingerprint density at radius 3 is 2.28 bits per heavy atom. The normalized spacial score (nSPS) is 28.3. The lowest BCUT2D eigenvalue weighted by molar-refractivity contribution is -0.577. The summed E-state index contributed by atoms with van der Waals surface area (Å²) in [5, 5.41) is 43.5. The first kappa shape index (κ1) is 64.6. The number of unbranched alkanes of at least 4 members (excludes halogenated alkanes) is 13. The van der Waals surface area contributed by atoms with E-state index >= 15 is 0 Å². The second-order valence-electron chi connectivity index (χ2n) is 24.0. The predicted octanol–water partition coefficient (Wildman–Crippen LogP) is 7.38. The van der Waals surface area contributed by atoms with E-state index in [4.69, 9.17) is 28.7 Å². The molecular weight excluding hydrogens is 1060 g/mol. The van der Waals surface area contributed by atoms with E-state index in [1.807, 2.05) is 6.92 Å². The second kappa shape index (κ2) is 31.8. The number of phenolic OH excluding ortho intramolecular Hbond substituents is 1. The first-order valence-corrected chi connectivity index (χ1v) is 31.0. The van der Waals surface area contributed by atoms with Gasteiger partial charge in [-0.2, -0.15) is 0 Å². The molecule has 6 heterocycles. The molecule has 12 atom stereocenters. The molecule has 6 fully saturated rings. The monoisotopic (exact) mass is 1150 g/mol. The number of ether oxygens (including phenoxy) is 4. The minimum absolute atomic E-state index is 0.00121. The zero-order valence-electron chi connectivity index (χ0n) is 49.1. The van der Waals surface area contributed by atoms with E-state index in [1.54, 1.807) is 18.2 Å². The Balaban J connectivity index is 0.927. The highest BCUT2D eigenvalue weighted by Gasteiger charge is 2.69.